The third-order valence-corrected chi connectivity index (χ3v) is 3.50. The number of carboxylic acids is 1. The fourth-order valence-corrected chi connectivity index (χ4v) is 2.68. The number of aliphatic carboxylic acids is 1. The molecular weight excluding hydrogens is 246 g/mol. The van der Waals surface area contributed by atoms with Gasteiger partial charge in [-0.3, -0.25) is 4.90 Å². The number of carbonyl (C=O) groups is 2. The molecule has 0 aromatic heterocycles. The lowest BCUT2D eigenvalue weighted by atomic mass is 9.76. The van der Waals surface area contributed by atoms with E-state index in [2.05, 4.69) is 0 Å². The summed E-state index contributed by atoms with van der Waals surface area (Å²) in [5.74, 6) is -1.05. The van der Waals surface area contributed by atoms with E-state index in [0.29, 0.717) is 12.1 Å². The quantitative estimate of drug-likeness (QED) is 0.843. The number of methoxy groups -OCH3 is 1. The van der Waals surface area contributed by atoms with Gasteiger partial charge in [0.15, 0.2) is 6.04 Å². The van der Waals surface area contributed by atoms with Gasteiger partial charge in [0, 0.05) is 12.0 Å². The highest BCUT2D eigenvalue weighted by Gasteiger charge is 2.43. The molecule has 1 N–H and O–H groups in total. The molecule has 0 spiro atoms. The molecule has 0 saturated carbocycles. The van der Waals surface area contributed by atoms with Gasteiger partial charge in [0.05, 0.1) is 7.11 Å². The molecule has 1 aliphatic heterocycles. The molecule has 5 nitrogen and oxygen atoms in total. The van der Waals surface area contributed by atoms with Gasteiger partial charge in [-0.05, 0) is 11.1 Å². The Hall–Kier alpha value is -2.04. The van der Waals surface area contributed by atoms with E-state index in [1.54, 1.807) is 12.1 Å². The molecule has 1 atom stereocenters. The van der Waals surface area contributed by atoms with Crippen LogP contribution in [0, 0.1) is 0 Å². The predicted molar refractivity (Wildman–Crippen MR) is 69.0 cm³/mol. The zero-order valence-electron chi connectivity index (χ0n) is 11.2. The van der Waals surface area contributed by atoms with Gasteiger partial charge in [-0.25, -0.2) is 9.59 Å². The van der Waals surface area contributed by atoms with E-state index in [4.69, 9.17) is 4.74 Å². The molecule has 1 aromatic rings. The number of ether oxygens (including phenoxy) is 1. The molecule has 1 unspecified atom stereocenters. The number of carboxylic acid groups (broad SMARTS) is 1. The molecular formula is C14H17NO4. The highest BCUT2D eigenvalue weighted by atomic mass is 16.5. The Morgan fingerprint density at radius 1 is 1.37 bits per heavy atom. The second-order valence-electron chi connectivity index (χ2n) is 5.31. The Bertz CT molecular complexity index is 524. The number of hydrogen-bond donors (Lipinski definition) is 1. The monoisotopic (exact) mass is 263 g/mol. The molecule has 19 heavy (non-hydrogen) atoms. The van der Waals surface area contributed by atoms with Crippen molar-refractivity contribution in [2.24, 2.45) is 0 Å². The molecule has 0 radical (unpaired) electrons. The first-order valence-electron chi connectivity index (χ1n) is 6.05. The van der Waals surface area contributed by atoms with Gasteiger partial charge in [0.1, 0.15) is 0 Å². The Balaban J connectivity index is 2.59. The molecule has 1 aliphatic rings. The lowest BCUT2D eigenvalue weighted by Crippen LogP contribution is -2.50. The van der Waals surface area contributed by atoms with Crippen LogP contribution in [-0.2, 0) is 14.9 Å². The third-order valence-electron chi connectivity index (χ3n) is 3.50. The van der Waals surface area contributed by atoms with E-state index in [-0.39, 0.29) is 5.41 Å². The summed E-state index contributed by atoms with van der Waals surface area (Å²) in [6, 6.07) is 6.35. The maximum Gasteiger partial charge on any atom is 0.410 e. The van der Waals surface area contributed by atoms with Gasteiger partial charge in [-0.1, -0.05) is 38.1 Å². The number of nitrogens with zero attached hydrogens (tertiary/aromatic N) is 1. The molecule has 1 heterocycles. The SMILES string of the molecule is COC(=O)N1CC(C)(C)c2ccccc2C1C(=O)O. The average molecular weight is 263 g/mol. The first-order valence-corrected chi connectivity index (χ1v) is 6.05. The Morgan fingerprint density at radius 2 is 2.00 bits per heavy atom. The van der Waals surface area contributed by atoms with Crippen molar-refractivity contribution in [3.63, 3.8) is 0 Å². The van der Waals surface area contributed by atoms with Gasteiger partial charge < -0.3 is 9.84 Å². The molecule has 0 saturated heterocycles. The Labute approximate surface area is 111 Å². The van der Waals surface area contributed by atoms with E-state index in [1.807, 2.05) is 26.0 Å². The highest BCUT2D eigenvalue weighted by Crippen LogP contribution is 2.39. The molecule has 5 heteroatoms. The maximum absolute atomic E-state index is 11.8. The number of carbonyl (C=O) groups excluding carboxylic acids is 1. The largest absolute Gasteiger partial charge is 0.479 e. The van der Waals surface area contributed by atoms with Crippen LogP contribution in [0.15, 0.2) is 24.3 Å². The Morgan fingerprint density at radius 3 is 2.58 bits per heavy atom. The number of fused-ring (bicyclic) bond motifs is 1. The van der Waals surface area contributed by atoms with Crippen molar-refractivity contribution in [3.05, 3.63) is 35.4 Å². The minimum absolute atomic E-state index is 0.309. The van der Waals surface area contributed by atoms with E-state index in [1.165, 1.54) is 12.0 Å². The predicted octanol–water partition coefficient (Wildman–Crippen LogP) is 2.17. The summed E-state index contributed by atoms with van der Waals surface area (Å²) in [6.45, 7) is 4.29. The molecule has 102 valence electrons. The van der Waals surface area contributed by atoms with Crippen molar-refractivity contribution in [3.8, 4) is 0 Å². The van der Waals surface area contributed by atoms with Gasteiger partial charge in [0.25, 0.3) is 0 Å². The zero-order chi connectivity index (χ0) is 14.2. The second-order valence-corrected chi connectivity index (χ2v) is 5.31. The van der Waals surface area contributed by atoms with E-state index in [0.717, 1.165) is 5.56 Å². The number of rotatable bonds is 1. The van der Waals surface area contributed by atoms with E-state index >= 15 is 0 Å². The fourth-order valence-electron chi connectivity index (χ4n) is 2.68. The number of hydrogen-bond acceptors (Lipinski definition) is 3. The zero-order valence-corrected chi connectivity index (χ0v) is 11.2. The maximum atomic E-state index is 11.8. The molecule has 1 aromatic carbocycles. The second kappa shape index (κ2) is 4.57. The topological polar surface area (TPSA) is 66.8 Å². The molecule has 0 fully saturated rings. The summed E-state index contributed by atoms with van der Waals surface area (Å²) in [6.07, 6.45) is -0.616. The summed E-state index contributed by atoms with van der Waals surface area (Å²) in [5, 5.41) is 9.42. The average Bonchev–Trinajstić information content (AvgIpc) is 2.36. The van der Waals surface area contributed by atoms with Crippen molar-refractivity contribution in [1.29, 1.82) is 0 Å². The smallest absolute Gasteiger partial charge is 0.410 e. The van der Waals surface area contributed by atoms with Crippen molar-refractivity contribution < 1.29 is 19.4 Å². The summed E-state index contributed by atoms with van der Waals surface area (Å²) >= 11 is 0. The summed E-state index contributed by atoms with van der Waals surface area (Å²) < 4.78 is 4.70. The van der Waals surface area contributed by atoms with Crippen LogP contribution >= 0.6 is 0 Å². The number of amides is 1. The van der Waals surface area contributed by atoms with Crippen LogP contribution < -0.4 is 0 Å². The van der Waals surface area contributed by atoms with Gasteiger partial charge in [-0.15, -0.1) is 0 Å². The van der Waals surface area contributed by atoms with E-state index < -0.39 is 18.1 Å². The lowest BCUT2D eigenvalue weighted by Gasteiger charge is -2.42. The lowest BCUT2D eigenvalue weighted by molar-refractivity contribution is -0.143. The van der Waals surface area contributed by atoms with Crippen LogP contribution in [0.25, 0.3) is 0 Å². The number of benzene rings is 1. The van der Waals surface area contributed by atoms with Crippen LogP contribution in [0.5, 0.6) is 0 Å². The van der Waals surface area contributed by atoms with Crippen molar-refractivity contribution in [2.75, 3.05) is 13.7 Å². The van der Waals surface area contributed by atoms with Gasteiger partial charge >= 0.3 is 12.1 Å². The third kappa shape index (κ3) is 2.16. The van der Waals surface area contributed by atoms with Crippen molar-refractivity contribution >= 4 is 12.1 Å². The van der Waals surface area contributed by atoms with Gasteiger partial charge in [0.2, 0.25) is 0 Å². The normalized spacial score (nSPS) is 20.6. The first-order chi connectivity index (χ1) is 8.88. The molecule has 0 bridgehead atoms. The summed E-state index contributed by atoms with van der Waals surface area (Å²) in [4.78, 5) is 24.6. The van der Waals surface area contributed by atoms with Gasteiger partial charge in [-0.2, -0.15) is 0 Å². The molecule has 2 rings (SSSR count). The minimum Gasteiger partial charge on any atom is -0.479 e. The summed E-state index contributed by atoms with van der Waals surface area (Å²) in [5.41, 5.74) is 1.30. The van der Waals surface area contributed by atoms with Crippen LogP contribution in [0.3, 0.4) is 0 Å². The van der Waals surface area contributed by atoms with E-state index in [9.17, 15) is 14.7 Å². The first kappa shape index (κ1) is 13.4. The standard InChI is InChI=1S/C14H17NO4/c1-14(2)8-15(13(18)19-3)11(12(16)17)9-6-4-5-7-10(9)14/h4-7,11H,8H2,1-3H3,(H,16,17). The fraction of sp³-hybridized carbons (Fsp3) is 0.429. The highest BCUT2D eigenvalue weighted by molar-refractivity contribution is 5.83. The van der Waals surface area contributed by atoms with Crippen LogP contribution in [0.1, 0.15) is 31.0 Å². The molecule has 0 aliphatic carbocycles. The van der Waals surface area contributed by atoms with Crippen molar-refractivity contribution in [1.82, 2.24) is 4.90 Å². The van der Waals surface area contributed by atoms with Crippen molar-refractivity contribution in [2.45, 2.75) is 25.3 Å². The minimum atomic E-state index is -1.05. The summed E-state index contributed by atoms with van der Waals surface area (Å²) in [7, 11) is 1.26. The van der Waals surface area contributed by atoms with Crippen LogP contribution in [0.4, 0.5) is 4.79 Å². The Kier molecular flexibility index (Phi) is 3.22. The van der Waals surface area contributed by atoms with Crippen LogP contribution in [-0.4, -0.2) is 35.7 Å². The molecule has 1 amide bonds. The van der Waals surface area contributed by atoms with Crippen LogP contribution in [0.2, 0.25) is 0 Å².